The van der Waals surface area contributed by atoms with Crippen LogP contribution in [0.1, 0.15) is 40.0 Å². The van der Waals surface area contributed by atoms with E-state index in [1.807, 2.05) is 0 Å². The van der Waals surface area contributed by atoms with Crippen molar-refractivity contribution >= 4 is 8.32 Å². The predicted octanol–water partition coefficient (Wildman–Crippen LogP) is 3.33. The van der Waals surface area contributed by atoms with Crippen molar-refractivity contribution in [3.63, 3.8) is 0 Å². The average molecular weight is 228 g/mol. The topological polar surface area (TPSA) is 21.8 Å². The van der Waals surface area contributed by atoms with Crippen LogP contribution in [0.4, 0.5) is 0 Å². The van der Waals surface area contributed by atoms with Crippen molar-refractivity contribution < 1.29 is 9.16 Å². The maximum atomic E-state index is 6.40. The summed E-state index contributed by atoms with van der Waals surface area (Å²) in [5.74, 6) is 0. The summed E-state index contributed by atoms with van der Waals surface area (Å²) in [7, 11) is -1.56. The summed E-state index contributed by atoms with van der Waals surface area (Å²) in [4.78, 5) is 0. The third-order valence-electron chi connectivity index (χ3n) is 4.22. The van der Waals surface area contributed by atoms with Gasteiger partial charge in [0.25, 0.3) is 0 Å². The maximum absolute atomic E-state index is 6.40. The van der Waals surface area contributed by atoms with Crippen molar-refractivity contribution in [3.05, 3.63) is 0 Å². The van der Waals surface area contributed by atoms with Crippen LogP contribution >= 0.6 is 0 Å². The molecule has 2 fully saturated rings. The van der Waals surface area contributed by atoms with Gasteiger partial charge in [-0.2, -0.15) is 0 Å². The molecule has 1 saturated heterocycles. The number of fused-ring (bicyclic) bond motifs is 1. The van der Waals surface area contributed by atoms with E-state index in [-0.39, 0.29) is 0 Å². The fraction of sp³-hybridized carbons (Fsp3) is 1.00. The zero-order valence-corrected chi connectivity index (χ0v) is 11.7. The van der Waals surface area contributed by atoms with Crippen LogP contribution in [0.2, 0.25) is 18.1 Å². The molecular formula is C12H24O2Si. The molecule has 15 heavy (non-hydrogen) atoms. The normalized spacial score (nSPS) is 36.2. The highest BCUT2D eigenvalue weighted by Gasteiger charge is 2.47. The Hall–Kier alpha value is 0.137. The monoisotopic (exact) mass is 228 g/mol. The Morgan fingerprint density at radius 3 is 2.33 bits per heavy atom. The van der Waals surface area contributed by atoms with E-state index in [2.05, 4.69) is 33.9 Å². The number of rotatable bonds is 2. The van der Waals surface area contributed by atoms with E-state index in [4.69, 9.17) is 9.16 Å². The highest BCUT2D eigenvalue weighted by atomic mass is 28.4. The van der Waals surface area contributed by atoms with Crippen LogP contribution in [-0.2, 0) is 9.16 Å². The lowest BCUT2D eigenvalue weighted by Gasteiger charge is -2.39. The van der Waals surface area contributed by atoms with Crippen LogP contribution in [0.15, 0.2) is 0 Å². The highest BCUT2D eigenvalue weighted by molar-refractivity contribution is 6.74. The van der Waals surface area contributed by atoms with Crippen LogP contribution in [0.5, 0.6) is 0 Å². The molecule has 2 aliphatic rings. The van der Waals surface area contributed by atoms with Gasteiger partial charge in [0, 0.05) is 12.5 Å². The largest absolute Gasteiger partial charge is 0.414 e. The summed E-state index contributed by atoms with van der Waals surface area (Å²) < 4.78 is 11.9. The molecule has 1 aliphatic heterocycles. The molecule has 2 nitrogen and oxygen atoms in total. The number of epoxide rings is 1. The molecule has 3 atom stereocenters. The van der Waals surface area contributed by atoms with Crippen molar-refractivity contribution in [1.82, 2.24) is 0 Å². The van der Waals surface area contributed by atoms with E-state index in [9.17, 15) is 0 Å². The molecule has 0 aromatic heterocycles. The van der Waals surface area contributed by atoms with Crippen LogP contribution < -0.4 is 0 Å². The quantitative estimate of drug-likeness (QED) is 0.534. The maximum Gasteiger partial charge on any atom is 0.192 e. The molecule has 0 N–H and O–H groups in total. The fourth-order valence-corrected chi connectivity index (χ4v) is 3.47. The minimum Gasteiger partial charge on any atom is -0.414 e. The first kappa shape index (κ1) is 11.6. The second-order valence-corrected chi connectivity index (χ2v) is 11.3. The van der Waals surface area contributed by atoms with Gasteiger partial charge in [0.05, 0.1) is 12.2 Å². The van der Waals surface area contributed by atoms with Crippen LogP contribution in [0, 0.1) is 0 Å². The summed E-state index contributed by atoms with van der Waals surface area (Å²) >= 11 is 0. The van der Waals surface area contributed by atoms with E-state index in [0.717, 1.165) is 6.42 Å². The Kier molecular flexibility index (Phi) is 2.77. The Bertz CT molecular complexity index is 244. The molecule has 3 heteroatoms. The van der Waals surface area contributed by atoms with Gasteiger partial charge in [0.2, 0.25) is 0 Å². The number of ether oxygens (including phenoxy) is 1. The van der Waals surface area contributed by atoms with Gasteiger partial charge in [-0.1, -0.05) is 20.8 Å². The zero-order valence-electron chi connectivity index (χ0n) is 10.7. The van der Waals surface area contributed by atoms with Crippen molar-refractivity contribution in [2.75, 3.05) is 0 Å². The van der Waals surface area contributed by atoms with Crippen molar-refractivity contribution in [1.29, 1.82) is 0 Å². The molecule has 0 aromatic rings. The summed E-state index contributed by atoms with van der Waals surface area (Å²) in [6.45, 7) is 11.6. The van der Waals surface area contributed by atoms with E-state index in [0.29, 0.717) is 23.4 Å². The van der Waals surface area contributed by atoms with Crippen LogP contribution in [0.3, 0.4) is 0 Å². The van der Waals surface area contributed by atoms with Gasteiger partial charge in [0.1, 0.15) is 0 Å². The lowest BCUT2D eigenvalue weighted by molar-refractivity contribution is 0.146. The first-order chi connectivity index (χ1) is 6.79. The minimum absolute atomic E-state index is 0.328. The van der Waals surface area contributed by atoms with Gasteiger partial charge in [-0.15, -0.1) is 0 Å². The molecule has 1 heterocycles. The molecule has 1 saturated carbocycles. The van der Waals surface area contributed by atoms with Gasteiger partial charge >= 0.3 is 0 Å². The van der Waals surface area contributed by atoms with Gasteiger partial charge in [-0.3, -0.25) is 0 Å². The van der Waals surface area contributed by atoms with Crippen molar-refractivity contribution in [2.24, 2.45) is 0 Å². The third-order valence-corrected chi connectivity index (χ3v) is 8.76. The summed E-state index contributed by atoms with van der Waals surface area (Å²) in [5, 5.41) is 0.328. The van der Waals surface area contributed by atoms with Crippen molar-refractivity contribution in [2.45, 2.75) is 76.5 Å². The van der Waals surface area contributed by atoms with Gasteiger partial charge in [-0.05, 0) is 31.0 Å². The van der Waals surface area contributed by atoms with Gasteiger partial charge < -0.3 is 9.16 Å². The average Bonchev–Trinajstić information content (AvgIpc) is 2.78. The fourth-order valence-electron chi connectivity index (χ4n) is 2.07. The molecule has 0 unspecified atom stereocenters. The molecule has 0 amide bonds. The van der Waals surface area contributed by atoms with E-state index >= 15 is 0 Å². The molecular weight excluding hydrogens is 204 g/mol. The van der Waals surface area contributed by atoms with Crippen molar-refractivity contribution in [3.8, 4) is 0 Å². The highest BCUT2D eigenvalue weighted by Crippen LogP contribution is 2.42. The minimum atomic E-state index is -1.56. The lowest BCUT2D eigenvalue weighted by atomic mass is 9.98. The first-order valence-electron chi connectivity index (χ1n) is 6.13. The zero-order chi connectivity index (χ0) is 11.3. The molecule has 0 bridgehead atoms. The van der Waals surface area contributed by atoms with E-state index < -0.39 is 8.32 Å². The lowest BCUT2D eigenvalue weighted by Crippen LogP contribution is -2.44. The second kappa shape index (κ2) is 3.57. The van der Waals surface area contributed by atoms with Crippen LogP contribution in [0.25, 0.3) is 0 Å². The second-order valence-electron chi connectivity index (χ2n) is 6.53. The first-order valence-corrected chi connectivity index (χ1v) is 9.04. The van der Waals surface area contributed by atoms with E-state index in [1.165, 1.54) is 12.8 Å². The SMILES string of the molecule is CC(C)(C)[Si](C)(C)O[C@@H]1CC[C@H]2O[C@H]2C1. The molecule has 1 aliphatic carbocycles. The van der Waals surface area contributed by atoms with Gasteiger partial charge in [-0.25, -0.2) is 0 Å². The Morgan fingerprint density at radius 1 is 1.13 bits per heavy atom. The molecule has 0 spiro atoms. The number of hydrogen-bond acceptors (Lipinski definition) is 2. The van der Waals surface area contributed by atoms with Crippen LogP contribution in [-0.4, -0.2) is 26.6 Å². The Labute approximate surface area is 94.5 Å². The van der Waals surface area contributed by atoms with Gasteiger partial charge in [0.15, 0.2) is 8.32 Å². The summed E-state index contributed by atoms with van der Waals surface area (Å²) in [6, 6.07) is 0. The molecule has 2 rings (SSSR count). The Morgan fingerprint density at radius 2 is 1.80 bits per heavy atom. The molecule has 0 radical (unpaired) electrons. The van der Waals surface area contributed by atoms with E-state index in [1.54, 1.807) is 0 Å². The molecule has 88 valence electrons. The summed E-state index contributed by atoms with van der Waals surface area (Å²) in [6.07, 6.45) is 5.14. The third kappa shape index (κ3) is 2.45. The molecule has 0 aromatic carbocycles. The predicted molar refractivity (Wildman–Crippen MR) is 64.6 cm³/mol. The summed E-state index contributed by atoms with van der Waals surface area (Å²) in [5.41, 5.74) is 0. The standard InChI is InChI=1S/C12H24O2Si/c1-12(2,3)15(4,5)14-9-6-7-10-11(8-9)13-10/h9-11H,6-8H2,1-5H3/t9-,10-,11+/m1/s1. The smallest absolute Gasteiger partial charge is 0.192 e. The Balaban J connectivity index is 1.90. The number of hydrogen-bond donors (Lipinski definition) is 0.